The fraction of sp³-hybridized carbons (Fsp3) is 0.632. The van der Waals surface area contributed by atoms with Gasteiger partial charge in [-0.2, -0.15) is 0 Å². The second-order valence-corrected chi connectivity index (χ2v) is 7.66. The molecule has 25 heavy (non-hydrogen) atoms. The summed E-state index contributed by atoms with van der Waals surface area (Å²) in [5.41, 5.74) is 3.92. The number of piperidine rings is 1. The topological polar surface area (TPSA) is 61.8 Å². The molecule has 3 aliphatic heterocycles. The van der Waals surface area contributed by atoms with E-state index in [1.165, 1.54) is 19.3 Å². The Morgan fingerprint density at radius 1 is 1.40 bits per heavy atom. The Hall–Kier alpha value is -1.14. The number of cyclic esters (lactones) is 1. The smallest absolute Gasteiger partial charge is 0.338 e. The number of likely N-dealkylation sites (tertiary alicyclic amines) is 1. The predicted molar refractivity (Wildman–Crippen MR) is 98.1 cm³/mol. The largest absolute Gasteiger partial charge is 0.457 e. The van der Waals surface area contributed by atoms with Crippen LogP contribution in [0, 0.1) is 12.3 Å². The number of β-amino-alcohol motifs (C(OH)–C–C–N with tert-alkyl or cyclic N) is 1. The molecule has 138 valence electrons. The van der Waals surface area contributed by atoms with Crippen LogP contribution in [0.1, 0.15) is 52.4 Å². The van der Waals surface area contributed by atoms with Crippen molar-refractivity contribution >= 4 is 18.4 Å². The van der Waals surface area contributed by atoms with Gasteiger partial charge in [0, 0.05) is 25.2 Å². The van der Waals surface area contributed by atoms with Gasteiger partial charge in [-0.3, -0.25) is 4.90 Å². The number of halogens is 1. The quantitative estimate of drug-likeness (QED) is 0.803. The Morgan fingerprint density at radius 3 is 3.00 bits per heavy atom. The first kappa shape index (κ1) is 18.6. The summed E-state index contributed by atoms with van der Waals surface area (Å²) in [6.45, 7) is 7.36. The van der Waals surface area contributed by atoms with Crippen LogP contribution in [0.2, 0.25) is 0 Å². The number of esters is 1. The summed E-state index contributed by atoms with van der Waals surface area (Å²) >= 11 is 0. The zero-order chi connectivity index (χ0) is 16.7. The van der Waals surface area contributed by atoms with Gasteiger partial charge in [0.05, 0.1) is 11.7 Å². The molecule has 1 aromatic carbocycles. The van der Waals surface area contributed by atoms with Crippen LogP contribution >= 0.6 is 12.4 Å². The highest BCUT2D eigenvalue weighted by atomic mass is 35.5. The number of hydrogen-bond acceptors (Lipinski definition) is 5. The maximum Gasteiger partial charge on any atom is 0.338 e. The number of benzene rings is 1. The molecule has 0 saturated carbocycles. The van der Waals surface area contributed by atoms with E-state index in [1.54, 1.807) is 6.07 Å². The molecule has 0 aromatic heterocycles. The van der Waals surface area contributed by atoms with Gasteiger partial charge in [0.1, 0.15) is 6.61 Å². The molecule has 1 spiro atoms. The minimum Gasteiger partial charge on any atom is -0.457 e. The van der Waals surface area contributed by atoms with E-state index in [-0.39, 0.29) is 18.4 Å². The van der Waals surface area contributed by atoms with Gasteiger partial charge in [-0.05, 0) is 61.9 Å². The standard InChI is InChI=1S/C19H26N2O3.ClH/c1-13-14(3-4-15-16(13)10-24-18(15)23)17(22)9-21-8-6-19(12-21)5-2-7-20-11-19;/h3-4,17,20,22H,2,5-12H2,1H3;1H/t17-,19?;/m0./s1. The van der Waals surface area contributed by atoms with Crippen molar-refractivity contribution in [1.82, 2.24) is 10.2 Å². The SMILES string of the molecule is Cc1c([C@@H](O)CN2CCC3(CCCNC3)C2)ccc2c1COC2=O.Cl. The fourth-order valence-corrected chi connectivity index (χ4v) is 4.63. The number of nitrogens with one attached hydrogen (secondary N) is 1. The Bertz CT molecular complexity index is 658. The van der Waals surface area contributed by atoms with Crippen LogP contribution < -0.4 is 5.32 Å². The van der Waals surface area contributed by atoms with Crippen molar-refractivity contribution in [3.63, 3.8) is 0 Å². The summed E-state index contributed by atoms with van der Waals surface area (Å²) in [5.74, 6) is -0.250. The van der Waals surface area contributed by atoms with Gasteiger partial charge in [-0.1, -0.05) is 6.07 Å². The maximum atomic E-state index is 11.7. The number of rotatable bonds is 3. The number of aliphatic hydroxyl groups excluding tert-OH is 1. The summed E-state index contributed by atoms with van der Waals surface area (Å²) in [6, 6.07) is 3.69. The number of fused-ring (bicyclic) bond motifs is 1. The summed E-state index contributed by atoms with van der Waals surface area (Å²) in [5, 5.41) is 14.3. The number of nitrogens with zero attached hydrogens (tertiary/aromatic N) is 1. The molecule has 0 bridgehead atoms. The molecular formula is C19H27ClN2O3. The van der Waals surface area contributed by atoms with E-state index in [1.807, 2.05) is 13.0 Å². The van der Waals surface area contributed by atoms with E-state index in [2.05, 4.69) is 10.2 Å². The van der Waals surface area contributed by atoms with Crippen LogP contribution in [0.15, 0.2) is 12.1 Å². The first-order valence-corrected chi connectivity index (χ1v) is 8.99. The van der Waals surface area contributed by atoms with Crippen molar-refractivity contribution < 1.29 is 14.6 Å². The molecular weight excluding hydrogens is 340 g/mol. The second-order valence-electron chi connectivity index (χ2n) is 7.66. The van der Waals surface area contributed by atoms with Crippen molar-refractivity contribution in [2.75, 3.05) is 32.7 Å². The van der Waals surface area contributed by atoms with Gasteiger partial charge in [-0.25, -0.2) is 4.79 Å². The fourth-order valence-electron chi connectivity index (χ4n) is 4.63. The van der Waals surface area contributed by atoms with E-state index in [0.717, 1.165) is 42.9 Å². The molecule has 2 saturated heterocycles. The van der Waals surface area contributed by atoms with Crippen LogP contribution in [0.4, 0.5) is 0 Å². The Kier molecular flexibility index (Phi) is 5.40. The molecule has 1 unspecified atom stereocenters. The normalized spacial score (nSPS) is 27.0. The van der Waals surface area contributed by atoms with Crippen LogP contribution in [0.25, 0.3) is 0 Å². The van der Waals surface area contributed by atoms with Crippen molar-refractivity contribution in [1.29, 1.82) is 0 Å². The third kappa shape index (κ3) is 3.43. The van der Waals surface area contributed by atoms with Crippen molar-refractivity contribution in [3.8, 4) is 0 Å². The van der Waals surface area contributed by atoms with Gasteiger partial charge >= 0.3 is 5.97 Å². The average Bonchev–Trinajstić information content (AvgIpc) is 3.13. The second kappa shape index (κ2) is 7.23. The first-order valence-electron chi connectivity index (χ1n) is 8.99. The molecule has 3 aliphatic rings. The molecule has 6 heteroatoms. The molecule has 1 aromatic rings. The lowest BCUT2D eigenvalue weighted by Gasteiger charge is -2.34. The Balaban J connectivity index is 0.00000182. The molecule has 2 N–H and O–H groups in total. The van der Waals surface area contributed by atoms with Crippen LogP contribution in [0.5, 0.6) is 0 Å². The average molecular weight is 367 g/mol. The van der Waals surface area contributed by atoms with E-state index in [0.29, 0.717) is 24.1 Å². The van der Waals surface area contributed by atoms with E-state index in [4.69, 9.17) is 4.74 Å². The van der Waals surface area contributed by atoms with E-state index in [9.17, 15) is 9.90 Å². The first-order chi connectivity index (χ1) is 11.6. The summed E-state index contributed by atoms with van der Waals surface area (Å²) in [6.07, 6.45) is 3.26. The van der Waals surface area contributed by atoms with Crippen molar-refractivity contribution in [3.05, 3.63) is 34.4 Å². The molecule has 2 fully saturated rings. The molecule has 0 amide bonds. The van der Waals surface area contributed by atoms with Gasteiger partial charge in [0.25, 0.3) is 0 Å². The van der Waals surface area contributed by atoms with Crippen molar-refractivity contribution in [2.24, 2.45) is 5.41 Å². The lowest BCUT2D eigenvalue weighted by molar-refractivity contribution is 0.0535. The van der Waals surface area contributed by atoms with Crippen LogP contribution in [-0.4, -0.2) is 48.7 Å². The predicted octanol–water partition coefficient (Wildman–Crippen LogP) is 2.20. The number of ether oxygens (including phenoxy) is 1. The molecule has 3 heterocycles. The molecule has 0 radical (unpaired) electrons. The van der Waals surface area contributed by atoms with Crippen molar-refractivity contribution in [2.45, 2.75) is 38.9 Å². The third-order valence-electron chi connectivity index (χ3n) is 6.08. The van der Waals surface area contributed by atoms with Gasteiger partial charge < -0.3 is 15.2 Å². The lowest BCUT2D eigenvalue weighted by atomic mass is 9.80. The number of carbonyl (C=O) groups excluding carboxylic acids is 1. The molecule has 2 atom stereocenters. The molecule has 5 nitrogen and oxygen atoms in total. The van der Waals surface area contributed by atoms with Gasteiger partial charge in [-0.15, -0.1) is 12.4 Å². The summed E-state index contributed by atoms with van der Waals surface area (Å²) in [4.78, 5) is 14.0. The van der Waals surface area contributed by atoms with Gasteiger partial charge in [0.2, 0.25) is 0 Å². The Morgan fingerprint density at radius 2 is 2.24 bits per heavy atom. The minimum absolute atomic E-state index is 0. The minimum atomic E-state index is -0.516. The van der Waals surface area contributed by atoms with E-state index < -0.39 is 6.10 Å². The lowest BCUT2D eigenvalue weighted by Crippen LogP contribution is -2.42. The number of hydrogen-bond donors (Lipinski definition) is 2. The highest BCUT2D eigenvalue weighted by molar-refractivity contribution is 5.93. The third-order valence-corrected chi connectivity index (χ3v) is 6.08. The molecule has 0 aliphatic carbocycles. The summed E-state index contributed by atoms with van der Waals surface area (Å²) in [7, 11) is 0. The zero-order valence-electron chi connectivity index (χ0n) is 14.7. The monoisotopic (exact) mass is 366 g/mol. The van der Waals surface area contributed by atoms with E-state index >= 15 is 0 Å². The Labute approximate surface area is 155 Å². The highest BCUT2D eigenvalue weighted by Crippen LogP contribution is 2.37. The number of carbonyl (C=O) groups is 1. The zero-order valence-corrected chi connectivity index (χ0v) is 15.5. The van der Waals surface area contributed by atoms with Crippen LogP contribution in [-0.2, 0) is 11.3 Å². The molecule has 4 rings (SSSR count). The summed E-state index contributed by atoms with van der Waals surface area (Å²) < 4.78 is 5.11. The number of aliphatic hydroxyl groups is 1. The maximum absolute atomic E-state index is 11.7. The van der Waals surface area contributed by atoms with Crippen LogP contribution in [0.3, 0.4) is 0 Å². The van der Waals surface area contributed by atoms with Gasteiger partial charge in [0.15, 0.2) is 0 Å². The highest BCUT2D eigenvalue weighted by Gasteiger charge is 2.39.